The van der Waals surface area contributed by atoms with Crippen LogP contribution >= 0.6 is 0 Å². The van der Waals surface area contributed by atoms with E-state index in [0.29, 0.717) is 18.6 Å². The van der Waals surface area contributed by atoms with E-state index in [-0.39, 0.29) is 11.9 Å². The standard InChI is InChI=1S/C21H23NO4/c1-13-8-9-16(12-14(13)2)21(24)26-15(3)20(23)22-18-10-11-25-19-7-5-4-6-17(18)19/h4-9,12,15,18H,10-11H2,1-3H3,(H,22,23). The first-order chi connectivity index (χ1) is 12.5. The van der Waals surface area contributed by atoms with Gasteiger partial charge in [-0.15, -0.1) is 0 Å². The molecule has 3 rings (SSSR count). The van der Waals surface area contributed by atoms with Crippen molar-refractivity contribution >= 4 is 11.9 Å². The summed E-state index contributed by atoms with van der Waals surface area (Å²) >= 11 is 0. The van der Waals surface area contributed by atoms with Crippen molar-refractivity contribution in [2.45, 2.75) is 39.3 Å². The van der Waals surface area contributed by atoms with Crippen molar-refractivity contribution < 1.29 is 19.1 Å². The molecule has 2 aromatic carbocycles. The molecular weight excluding hydrogens is 330 g/mol. The average Bonchev–Trinajstić information content (AvgIpc) is 2.64. The number of esters is 1. The number of hydrogen-bond donors (Lipinski definition) is 1. The van der Waals surface area contributed by atoms with Gasteiger partial charge in [-0.3, -0.25) is 4.79 Å². The lowest BCUT2D eigenvalue weighted by atomic mass is 10.0. The molecule has 0 aromatic heterocycles. The highest BCUT2D eigenvalue weighted by molar-refractivity contribution is 5.92. The van der Waals surface area contributed by atoms with Crippen LogP contribution in [0.15, 0.2) is 42.5 Å². The fourth-order valence-corrected chi connectivity index (χ4v) is 2.93. The highest BCUT2D eigenvalue weighted by Gasteiger charge is 2.26. The van der Waals surface area contributed by atoms with Gasteiger partial charge in [-0.2, -0.15) is 0 Å². The van der Waals surface area contributed by atoms with Crippen LogP contribution in [0.25, 0.3) is 0 Å². The molecule has 1 aliphatic heterocycles. The fourth-order valence-electron chi connectivity index (χ4n) is 2.93. The summed E-state index contributed by atoms with van der Waals surface area (Å²) in [7, 11) is 0. The van der Waals surface area contributed by atoms with Gasteiger partial charge in [-0.25, -0.2) is 4.79 Å². The van der Waals surface area contributed by atoms with Gasteiger partial charge in [0.15, 0.2) is 6.10 Å². The molecule has 0 saturated carbocycles. The normalized spacial score (nSPS) is 16.8. The highest BCUT2D eigenvalue weighted by Crippen LogP contribution is 2.31. The maximum absolute atomic E-state index is 12.5. The van der Waals surface area contributed by atoms with Crippen molar-refractivity contribution in [3.63, 3.8) is 0 Å². The fraction of sp³-hybridized carbons (Fsp3) is 0.333. The van der Waals surface area contributed by atoms with Gasteiger partial charge in [-0.1, -0.05) is 24.3 Å². The Labute approximate surface area is 153 Å². The van der Waals surface area contributed by atoms with Crippen LogP contribution in [-0.2, 0) is 9.53 Å². The van der Waals surface area contributed by atoms with Gasteiger partial charge in [0.2, 0.25) is 0 Å². The van der Waals surface area contributed by atoms with E-state index >= 15 is 0 Å². The zero-order valence-corrected chi connectivity index (χ0v) is 15.2. The summed E-state index contributed by atoms with van der Waals surface area (Å²) in [5.41, 5.74) is 3.50. The Bertz CT molecular complexity index is 831. The maximum atomic E-state index is 12.5. The zero-order valence-electron chi connectivity index (χ0n) is 15.2. The Balaban J connectivity index is 1.63. The third kappa shape index (κ3) is 3.87. The molecule has 1 amide bonds. The van der Waals surface area contributed by atoms with E-state index in [9.17, 15) is 9.59 Å². The Hall–Kier alpha value is -2.82. The summed E-state index contributed by atoms with van der Waals surface area (Å²) in [6.45, 7) is 6.04. The van der Waals surface area contributed by atoms with E-state index < -0.39 is 12.1 Å². The molecule has 0 saturated heterocycles. The lowest BCUT2D eigenvalue weighted by Crippen LogP contribution is -2.39. The first-order valence-corrected chi connectivity index (χ1v) is 8.76. The van der Waals surface area contributed by atoms with Gasteiger partial charge in [0.1, 0.15) is 5.75 Å². The molecule has 0 radical (unpaired) electrons. The van der Waals surface area contributed by atoms with Crippen molar-refractivity contribution in [2.75, 3.05) is 6.61 Å². The van der Waals surface area contributed by atoms with Crippen LogP contribution in [0.4, 0.5) is 0 Å². The van der Waals surface area contributed by atoms with Crippen molar-refractivity contribution in [3.8, 4) is 5.75 Å². The molecule has 1 heterocycles. The predicted molar refractivity (Wildman–Crippen MR) is 98.2 cm³/mol. The second-order valence-electron chi connectivity index (χ2n) is 6.58. The molecule has 1 aliphatic rings. The number of fused-ring (bicyclic) bond motifs is 1. The van der Waals surface area contributed by atoms with Gasteiger partial charge < -0.3 is 14.8 Å². The van der Waals surface area contributed by atoms with E-state index in [0.717, 1.165) is 22.4 Å². The topological polar surface area (TPSA) is 64.6 Å². The molecule has 0 fully saturated rings. The SMILES string of the molecule is Cc1ccc(C(=O)OC(C)C(=O)NC2CCOc3ccccc32)cc1C. The van der Waals surface area contributed by atoms with E-state index in [1.807, 2.05) is 44.2 Å². The second kappa shape index (κ2) is 7.60. The van der Waals surface area contributed by atoms with E-state index in [1.165, 1.54) is 0 Å². The first kappa shape index (κ1) is 18.0. The number of carbonyl (C=O) groups is 2. The Morgan fingerprint density at radius 3 is 2.69 bits per heavy atom. The Kier molecular flexibility index (Phi) is 5.26. The summed E-state index contributed by atoms with van der Waals surface area (Å²) in [5.74, 6) is -0.0316. The zero-order chi connectivity index (χ0) is 18.7. The third-order valence-electron chi connectivity index (χ3n) is 4.67. The van der Waals surface area contributed by atoms with Gasteiger partial charge in [-0.05, 0) is 50.1 Å². The van der Waals surface area contributed by atoms with Crippen molar-refractivity contribution in [3.05, 3.63) is 64.7 Å². The minimum atomic E-state index is -0.876. The van der Waals surface area contributed by atoms with Gasteiger partial charge in [0.25, 0.3) is 5.91 Å². The monoisotopic (exact) mass is 353 g/mol. The molecule has 2 aromatic rings. The van der Waals surface area contributed by atoms with E-state index in [2.05, 4.69) is 5.32 Å². The highest BCUT2D eigenvalue weighted by atomic mass is 16.5. The summed E-state index contributed by atoms with van der Waals surface area (Å²) < 4.78 is 10.9. The third-order valence-corrected chi connectivity index (χ3v) is 4.67. The van der Waals surface area contributed by atoms with E-state index in [1.54, 1.807) is 19.1 Å². The van der Waals surface area contributed by atoms with E-state index in [4.69, 9.17) is 9.47 Å². The average molecular weight is 353 g/mol. The summed E-state index contributed by atoms with van der Waals surface area (Å²) in [6.07, 6.45) is -0.195. The van der Waals surface area contributed by atoms with Crippen molar-refractivity contribution in [1.82, 2.24) is 5.32 Å². The van der Waals surface area contributed by atoms with Crippen LogP contribution in [0.2, 0.25) is 0 Å². The maximum Gasteiger partial charge on any atom is 0.338 e. The Morgan fingerprint density at radius 2 is 1.92 bits per heavy atom. The molecule has 0 spiro atoms. The molecule has 5 heteroatoms. The molecule has 2 unspecified atom stereocenters. The molecule has 1 N–H and O–H groups in total. The van der Waals surface area contributed by atoms with Crippen LogP contribution in [0.3, 0.4) is 0 Å². The number of nitrogens with one attached hydrogen (secondary N) is 1. The smallest absolute Gasteiger partial charge is 0.338 e. The number of benzene rings is 2. The predicted octanol–water partition coefficient (Wildman–Crippen LogP) is 3.49. The van der Waals surface area contributed by atoms with Crippen LogP contribution in [-0.4, -0.2) is 24.6 Å². The van der Waals surface area contributed by atoms with Crippen LogP contribution < -0.4 is 10.1 Å². The van der Waals surface area contributed by atoms with Crippen LogP contribution in [0, 0.1) is 13.8 Å². The lowest BCUT2D eigenvalue weighted by molar-refractivity contribution is -0.130. The summed E-state index contributed by atoms with van der Waals surface area (Å²) in [4.78, 5) is 24.8. The summed E-state index contributed by atoms with van der Waals surface area (Å²) in [5, 5.41) is 2.96. The summed E-state index contributed by atoms with van der Waals surface area (Å²) in [6, 6.07) is 12.8. The lowest BCUT2D eigenvalue weighted by Gasteiger charge is -2.27. The van der Waals surface area contributed by atoms with Crippen LogP contribution in [0.5, 0.6) is 5.75 Å². The Morgan fingerprint density at radius 1 is 1.15 bits per heavy atom. The number of ether oxygens (including phenoxy) is 2. The van der Waals surface area contributed by atoms with Crippen molar-refractivity contribution in [2.24, 2.45) is 0 Å². The van der Waals surface area contributed by atoms with Gasteiger partial charge >= 0.3 is 5.97 Å². The van der Waals surface area contributed by atoms with Gasteiger partial charge in [0.05, 0.1) is 18.2 Å². The minimum Gasteiger partial charge on any atom is -0.493 e. The number of amides is 1. The van der Waals surface area contributed by atoms with Gasteiger partial charge in [0, 0.05) is 12.0 Å². The number of carbonyl (C=O) groups excluding carboxylic acids is 2. The molecule has 5 nitrogen and oxygen atoms in total. The van der Waals surface area contributed by atoms with Crippen molar-refractivity contribution in [1.29, 1.82) is 0 Å². The second-order valence-corrected chi connectivity index (χ2v) is 6.58. The number of hydrogen-bond acceptors (Lipinski definition) is 4. The van der Waals surface area contributed by atoms with Crippen LogP contribution in [0.1, 0.15) is 46.4 Å². The molecule has 0 aliphatic carbocycles. The number of rotatable bonds is 4. The molecule has 2 atom stereocenters. The first-order valence-electron chi connectivity index (χ1n) is 8.76. The number of aryl methyl sites for hydroxylation is 2. The minimum absolute atomic E-state index is 0.143. The quantitative estimate of drug-likeness (QED) is 0.855. The largest absolute Gasteiger partial charge is 0.493 e. The number of para-hydroxylation sites is 1. The molecule has 0 bridgehead atoms. The molecule has 136 valence electrons. The molecule has 26 heavy (non-hydrogen) atoms. The molecular formula is C21H23NO4.